The Morgan fingerprint density at radius 2 is 1.89 bits per heavy atom. The zero-order chi connectivity index (χ0) is 20.5. The van der Waals surface area contributed by atoms with Crippen molar-refractivity contribution in [3.8, 4) is 17.6 Å². The number of rotatable bonds is 8. The van der Waals surface area contributed by atoms with Gasteiger partial charge in [0.15, 0.2) is 11.5 Å². The van der Waals surface area contributed by atoms with Crippen molar-refractivity contribution in [1.82, 2.24) is 0 Å². The summed E-state index contributed by atoms with van der Waals surface area (Å²) in [7, 11) is 1.54. The molecule has 0 aliphatic rings. The van der Waals surface area contributed by atoms with Gasteiger partial charge in [-0.1, -0.05) is 42.6 Å². The number of carbonyl (C=O) groups excluding carboxylic acids is 1. The van der Waals surface area contributed by atoms with Gasteiger partial charge in [0.1, 0.15) is 11.6 Å². The number of hydrogen-bond donors (Lipinski definition) is 1. The smallest absolute Gasteiger partial charge is 0.266 e. The standard InChI is InChI=1S/C21H20Cl2N2O3/c1-3-4-7-28-19-6-5-14(9-20(19)27-2)8-15(13-24)21(26)25-18-11-16(22)10-17(23)12-18/h5-6,8-12H,3-4,7H2,1-2H3,(H,25,26)/b15-8+. The Morgan fingerprint density at radius 1 is 1.18 bits per heavy atom. The molecule has 0 saturated heterocycles. The minimum atomic E-state index is -0.567. The Labute approximate surface area is 174 Å². The number of carbonyl (C=O) groups is 1. The first kappa shape index (κ1) is 21.6. The Morgan fingerprint density at radius 3 is 2.50 bits per heavy atom. The third-order valence-corrected chi connectivity index (χ3v) is 4.18. The topological polar surface area (TPSA) is 71.3 Å². The second-order valence-corrected chi connectivity index (χ2v) is 6.77. The highest BCUT2D eigenvalue weighted by Gasteiger charge is 2.12. The molecule has 0 aliphatic carbocycles. The van der Waals surface area contributed by atoms with Crippen LogP contribution in [0.15, 0.2) is 42.0 Å². The molecule has 0 spiro atoms. The summed E-state index contributed by atoms with van der Waals surface area (Å²) in [5, 5.41) is 12.8. The summed E-state index contributed by atoms with van der Waals surface area (Å²) in [4.78, 5) is 12.4. The summed E-state index contributed by atoms with van der Waals surface area (Å²) in [5.74, 6) is 0.580. The predicted octanol–water partition coefficient (Wildman–Crippen LogP) is 5.73. The minimum absolute atomic E-state index is 0.0715. The summed E-state index contributed by atoms with van der Waals surface area (Å²) in [6, 6.07) is 11.8. The molecule has 0 unspecified atom stereocenters. The van der Waals surface area contributed by atoms with Crippen LogP contribution in [0.3, 0.4) is 0 Å². The van der Waals surface area contributed by atoms with Gasteiger partial charge in [-0.25, -0.2) is 0 Å². The first-order valence-electron chi connectivity index (χ1n) is 8.67. The lowest BCUT2D eigenvalue weighted by Crippen LogP contribution is -2.13. The lowest BCUT2D eigenvalue weighted by atomic mass is 10.1. The minimum Gasteiger partial charge on any atom is -0.493 e. The number of halogens is 2. The molecule has 146 valence electrons. The fourth-order valence-electron chi connectivity index (χ4n) is 2.36. The fourth-order valence-corrected chi connectivity index (χ4v) is 2.89. The molecule has 5 nitrogen and oxygen atoms in total. The Kier molecular flexibility index (Phi) is 8.19. The number of nitrogens with zero attached hydrogens (tertiary/aromatic N) is 1. The highest BCUT2D eigenvalue weighted by Crippen LogP contribution is 2.29. The van der Waals surface area contributed by atoms with E-state index < -0.39 is 5.91 Å². The normalized spacial score (nSPS) is 10.9. The molecule has 28 heavy (non-hydrogen) atoms. The number of methoxy groups -OCH3 is 1. The molecule has 7 heteroatoms. The molecule has 1 N–H and O–H groups in total. The van der Waals surface area contributed by atoms with Crippen LogP contribution in [0.1, 0.15) is 25.3 Å². The van der Waals surface area contributed by atoms with E-state index in [0.717, 1.165) is 12.8 Å². The highest BCUT2D eigenvalue weighted by molar-refractivity contribution is 6.35. The lowest BCUT2D eigenvalue weighted by molar-refractivity contribution is -0.112. The third kappa shape index (κ3) is 6.19. The molecule has 0 fully saturated rings. The van der Waals surface area contributed by atoms with Crippen molar-refractivity contribution >= 4 is 40.9 Å². The highest BCUT2D eigenvalue weighted by atomic mass is 35.5. The van der Waals surface area contributed by atoms with Crippen LogP contribution in [0.25, 0.3) is 6.08 Å². The average Bonchev–Trinajstić information content (AvgIpc) is 2.66. The van der Waals surface area contributed by atoms with Gasteiger partial charge in [0.25, 0.3) is 5.91 Å². The van der Waals surface area contributed by atoms with E-state index in [1.165, 1.54) is 13.2 Å². The summed E-state index contributed by atoms with van der Waals surface area (Å²) in [6.45, 7) is 2.68. The molecule has 1 amide bonds. The number of unbranched alkanes of at least 4 members (excludes halogenated alkanes) is 1. The Bertz CT molecular complexity index is 900. The Hall–Kier alpha value is -2.68. The van der Waals surface area contributed by atoms with Gasteiger partial charge in [0.05, 0.1) is 13.7 Å². The first-order valence-corrected chi connectivity index (χ1v) is 9.42. The van der Waals surface area contributed by atoms with Crippen LogP contribution in [0, 0.1) is 11.3 Å². The zero-order valence-corrected chi connectivity index (χ0v) is 17.1. The van der Waals surface area contributed by atoms with E-state index in [9.17, 15) is 10.1 Å². The lowest BCUT2D eigenvalue weighted by Gasteiger charge is -2.11. The second-order valence-electron chi connectivity index (χ2n) is 5.89. The van der Waals surface area contributed by atoms with E-state index >= 15 is 0 Å². The molecule has 0 heterocycles. The SMILES string of the molecule is CCCCOc1ccc(/C=C(\C#N)C(=O)Nc2cc(Cl)cc(Cl)c2)cc1OC. The monoisotopic (exact) mass is 418 g/mol. The van der Waals surface area contributed by atoms with Crippen molar-refractivity contribution in [3.63, 3.8) is 0 Å². The van der Waals surface area contributed by atoms with Crippen LogP contribution in [-0.4, -0.2) is 19.6 Å². The molecule has 2 rings (SSSR count). The predicted molar refractivity (Wildman–Crippen MR) is 112 cm³/mol. The molecule has 0 saturated carbocycles. The van der Waals surface area contributed by atoms with Crippen molar-refractivity contribution in [1.29, 1.82) is 5.26 Å². The molecule has 0 radical (unpaired) electrons. The fraction of sp³-hybridized carbons (Fsp3) is 0.238. The van der Waals surface area contributed by atoms with Crippen LogP contribution in [0.4, 0.5) is 5.69 Å². The number of anilines is 1. The maximum absolute atomic E-state index is 12.4. The van der Waals surface area contributed by atoms with Gasteiger partial charge >= 0.3 is 0 Å². The quantitative estimate of drug-likeness (QED) is 0.337. The molecule has 0 aliphatic heterocycles. The summed E-state index contributed by atoms with van der Waals surface area (Å²) in [6.07, 6.45) is 3.44. The van der Waals surface area contributed by atoms with E-state index in [1.54, 1.807) is 36.4 Å². The van der Waals surface area contributed by atoms with Crippen molar-refractivity contribution in [2.24, 2.45) is 0 Å². The summed E-state index contributed by atoms with van der Waals surface area (Å²) in [5.41, 5.74) is 0.967. The number of amides is 1. The number of ether oxygens (including phenoxy) is 2. The van der Waals surface area contributed by atoms with Crippen molar-refractivity contribution in [2.75, 3.05) is 19.0 Å². The Balaban J connectivity index is 2.20. The van der Waals surface area contributed by atoms with Crippen LogP contribution >= 0.6 is 23.2 Å². The van der Waals surface area contributed by atoms with Crippen LogP contribution in [0.5, 0.6) is 11.5 Å². The van der Waals surface area contributed by atoms with E-state index in [4.69, 9.17) is 32.7 Å². The maximum atomic E-state index is 12.4. The van der Waals surface area contributed by atoms with Crippen LogP contribution in [-0.2, 0) is 4.79 Å². The molecular formula is C21H20Cl2N2O3. The van der Waals surface area contributed by atoms with E-state index in [1.807, 2.05) is 6.07 Å². The van der Waals surface area contributed by atoms with Gasteiger partial charge in [-0.2, -0.15) is 5.26 Å². The van der Waals surface area contributed by atoms with Crippen molar-refractivity contribution in [2.45, 2.75) is 19.8 Å². The van der Waals surface area contributed by atoms with E-state index in [2.05, 4.69) is 12.2 Å². The third-order valence-electron chi connectivity index (χ3n) is 3.74. The summed E-state index contributed by atoms with van der Waals surface area (Å²) >= 11 is 11.9. The van der Waals surface area contributed by atoms with Gasteiger partial charge in [-0.05, 0) is 48.4 Å². The van der Waals surface area contributed by atoms with Gasteiger partial charge < -0.3 is 14.8 Å². The van der Waals surface area contributed by atoms with Crippen molar-refractivity contribution in [3.05, 3.63) is 57.6 Å². The largest absolute Gasteiger partial charge is 0.493 e. The number of nitrogens with one attached hydrogen (secondary N) is 1. The van der Waals surface area contributed by atoms with Gasteiger partial charge in [-0.15, -0.1) is 0 Å². The van der Waals surface area contributed by atoms with Gasteiger partial charge in [0, 0.05) is 15.7 Å². The molecule has 0 atom stereocenters. The molecule has 0 bridgehead atoms. The van der Waals surface area contributed by atoms with Gasteiger partial charge in [0.2, 0.25) is 0 Å². The molecule has 2 aromatic carbocycles. The number of benzene rings is 2. The van der Waals surface area contributed by atoms with E-state index in [-0.39, 0.29) is 5.57 Å². The number of hydrogen-bond acceptors (Lipinski definition) is 4. The first-order chi connectivity index (χ1) is 13.5. The summed E-state index contributed by atoms with van der Waals surface area (Å²) < 4.78 is 11.0. The van der Waals surface area contributed by atoms with Crippen LogP contribution < -0.4 is 14.8 Å². The van der Waals surface area contributed by atoms with Crippen LogP contribution in [0.2, 0.25) is 10.0 Å². The molecule has 0 aromatic heterocycles. The zero-order valence-electron chi connectivity index (χ0n) is 15.6. The molecular weight excluding hydrogens is 399 g/mol. The average molecular weight is 419 g/mol. The van der Waals surface area contributed by atoms with Gasteiger partial charge in [-0.3, -0.25) is 4.79 Å². The maximum Gasteiger partial charge on any atom is 0.266 e. The molecule has 2 aromatic rings. The van der Waals surface area contributed by atoms with Crippen molar-refractivity contribution < 1.29 is 14.3 Å². The number of nitriles is 1. The second kappa shape index (κ2) is 10.6. The van der Waals surface area contributed by atoms with E-state index in [0.29, 0.717) is 39.4 Å².